The van der Waals surface area contributed by atoms with E-state index in [1.165, 1.54) is 5.56 Å². The fourth-order valence-corrected chi connectivity index (χ4v) is 4.90. The highest BCUT2D eigenvalue weighted by Crippen LogP contribution is 2.56. The Hall–Kier alpha value is -3.27. The average Bonchev–Trinajstić information content (AvgIpc) is 3.01. The first kappa shape index (κ1) is 15.8. The molecule has 28 heavy (non-hydrogen) atoms. The van der Waals surface area contributed by atoms with Crippen LogP contribution in [0.3, 0.4) is 0 Å². The summed E-state index contributed by atoms with van der Waals surface area (Å²) in [7, 11) is 0. The number of benzene rings is 3. The molecule has 4 heteroatoms. The van der Waals surface area contributed by atoms with Crippen molar-refractivity contribution in [2.75, 3.05) is 6.61 Å². The molecule has 4 nitrogen and oxygen atoms in total. The minimum atomic E-state index is -0.590. The van der Waals surface area contributed by atoms with Gasteiger partial charge in [-0.25, -0.2) is 0 Å². The van der Waals surface area contributed by atoms with Gasteiger partial charge in [-0.15, -0.1) is 0 Å². The molecular weight excluding hydrogens is 350 g/mol. The van der Waals surface area contributed by atoms with E-state index in [-0.39, 0.29) is 11.3 Å². The quantitative estimate of drug-likeness (QED) is 0.454. The lowest BCUT2D eigenvalue weighted by atomic mass is 9.78. The summed E-state index contributed by atoms with van der Waals surface area (Å²) in [6.45, 7) is 4.74. The van der Waals surface area contributed by atoms with Crippen molar-refractivity contribution in [1.82, 2.24) is 4.98 Å². The molecule has 0 bridgehead atoms. The zero-order valence-electron chi connectivity index (χ0n) is 15.7. The molecular formula is C24H19NO3. The van der Waals surface area contributed by atoms with Crippen LogP contribution in [-0.2, 0) is 5.60 Å². The monoisotopic (exact) mass is 369 g/mol. The summed E-state index contributed by atoms with van der Waals surface area (Å²) in [4.78, 5) is 16.6. The van der Waals surface area contributed by atoms with Crippen molar-refractivity contribution in [2.24, 2.45) is 0 Å². The number of aromatic amines is 1. The number of aryl methyl sites for hydroxylation is 1. The molecule has 0 saturated carbocycles. The van der Waals surface area contributed by atoms with Gasteiger partial charge in [0.1, 0.15) is 17.1 Å². The Kier molecular flexibility index (Phi) is 2.91. The molecule has 0 radical (unpaired) electrons. The smallest absolute Gasteiger partial charge is 0.197 e. The van der Waals surface area contributed by atoms with Gasteiger partial charge < -0.3 is 14.5 Å². The van der Waals surface area contributed by atoms with Gasteiger partial charge in [0.2, 0.25) is 0 Å². The van der Waals surface area contributed by atoms with Crippen LogP contribution < -0.4 is 14.9 Å². The van der Waals surface area contributed by atoms with Gasteiger partial charge in [-0.05, 0) is 43.7 Å². The molecule has 0 aliphatic carbocycles. The molecule has 0 fully saturated rings. The van der Waals surface area contributed by atoms with Crippen LogP contribution in [0, 0.1) is 6.92 Å². The third kappa shape index (κ3) is 1.82. The predicted octanol–water partition coefficient (Wildman–Crippen LogP) is 4.77. The molecule has 1 N–H and O–H groups in total. The second-order valence-electron chi connectivity index (χ2n) is 7.93. The van der Waals surface area contributed by atoms with E-state index in [1.54, 1.807) is 0 Å². The summed E-state index contributed by atoms with van der Waals surface area (Å²) >= 11 is 0. The second kappa shape index (κ2) is 5.16. The molecule has 3 aromatic carbocycles. The van der Waals surface area contributed by atoms with Crippen molar-refractivity contribution < 1.29 is 9.47 Å². The minimum absolute atomic E-state index is 0.0320. The fraction of sp³-hybridized carbons (Fsp3) is 0.208. The van der Waals surface area contributed by atoms with Gasteiger partial charge in [0.05, 0.1) is 23.6 Å². The van der Waals surface area contributed by atoms with Crippen LogP contribution in [0.15, 0.2) is 59.4 Å². The van der Waals surface area contributed by atoms with Crippen LogP contribution in [0.5, 0.6) is 11.5 Å². The van der Waals surface area contributed by atoms with Crippen molar-refractivity contribution >= 4 is 21.8 Å². The van der Waals surface area contributed by atoms with Crippen LogP contribution in [0.4, 0.5) is 0 Å². The zero-order valence-corrected chi connectivity index (χ0v) is 15.7. The summed E-state index contributed by atoms with van der Waals surface area (Å²) < 4.78 is 12.8. The number of pyridine rings is 1. The molecule has 1 aromatic heterocycles. The maximum atomic E-state index is 13.1. The number of hydrogen-bond acceptors (Lipinski definition) is 3. The summed E-state index contributed by atoms with van der Waals surface area (Å²) in [5.74, 6) is 1.80. The first-order chi connectivity index (χ1) is 13.6. The van der Waals surface area contributed by atoms with E-state index in [4.69, 9.17) is 9.47 Å². The molecule has 6 rings (SSSR count). The standard InChI is InChI=1S/C24H19NO3/c1-13-6-5-8-14-17-12-27-19-11-10-16-21(20(19)24(17,2)28-23(13)14)25-18-9-4-3-7-15(18)22(16)26/h3-11,17H,12H2,1-2H3,(H,25,26)/t17-,24+/m1/s1. The van der Waals surface area contributed by atoms with Gasteiger partial charge >= 0.3 is 0 Å². The summed E-state index contributed by atoms with van der Waals surface area (Å²) in [6.07, 6.45) is 0. The lowest BCUT2D eigenvalue weighted by molar-refractivity contribution is 0.0446. The SMILES string of the molecule is Cc1cccc2c1O[C@]1(C)c3c(ccc4c(=O)c5ccccc5[nH]c34)OC[C@H]21. The molecule has 2 atom stereocenters. The first-order valence-corrected chi connectivity index (χ1v) is 9.57. The Morgan fingerprint density at radius 2 is 1.89 bits per heavy atom. The molecule has 4 aromatic rings. The Morgan fingerprint density at radius 1 is 1.04 bits per heavy atom. The molecule has 0 unspecified atom stereocenters. The molecule has 2 aliphatic heterocycles. The number of para-hydroxylation sites is 2. The Bertz CT molecular complexity index is 1350. The van der Waals surface area contributed by atoms with Crippen LogP contribution in [0.2, 0.25) is 0 Å². The van der Waals surface area contributed by atoms with Crippen LogP contribution >= 0.6 is 0 Å². The highest BCUT2D eigenvalue weighted by atomic mass is 16.5. The number of ether oxygens (including phenoxy) is 2. The number of aromatic nitrogens is 1. The molecule has 0 amide bonds. The summed E-state index contributed by atoms with van der Waals surface area (Å²) in [5.41, 5.74) is 4.29. The topological polar surface area (TPSA) is 51.3 Å². The first-order valence-electron chi connectivity index (χ1n) is 9.57. The Labute approximate surface area is 161 Å². The van der Waals surface area contributed by atoms with Crippen molar-refractivity contribution in [3.63, 3.8) is 0 Å². The Balaban J connectivity index is 1.71. The zero-order chi connectivity index (χ0) is 19.0. The van der Waals surface area contributed by atoms with E-state index in [9.17, 15) is 4.79 Å². The fourth-order valence-electron chi connectivity index (χ4n) is 4.90. The molecule has 138 valence electrons. The molecule has 0 spiro atoms. The van der Waals surface area contributed by atoms with Gasteiger partial charge in [-0.1, -0.05) is 30.3 Å². The van der Waals surface area contributed by atoms with E-state index in [2.05, 4.69) is 37.0 Å². The summed E-state index contributed by atoms with van der Waals surface area (Å²) in [6, 6.07) is 17.6. The van der Waals surface area contributed by atoms with Gasteiger partial charge in [0.25, 0.3) is 0 Å². The Morgan fingerprint density at radius 3 is 2.79 bits per heavy atom. The van der Waals surface area contributed by atoms with E-state index < -0.39 is 5.60 Å². The van der Waals surface area contributed by atoms with Gasteiger partial charge in [-0.2, -0.15) is 0 Å². The molecule has 2 aliphatic rings. The molecule has 0 saturated heterocycles. The highest BCUT2D eigenvalue weighted by Gasteiger charge is 2.52. The normalized spacial score (nSPS) is 22.3. The highest BCUT2D eigenvalue weighted by molar-refractivity contribution is 5.95. The average molecular weight is 369 g/mol. The van der Waals surface area contributed by atoms with Crippen LogP contribution in [0.25, 0.3) is 21.8 Å². The van der Waals surface area contributed by atoms with Crippen LogP contribution in [0.1, 0.15) is 29.5 Å². The van der Waals surface area contributed by atoms with E-state index in [0.29, 0.717) is 17.4 Å². The predicted molar refractivity (Wildman–Crippen MR) is 109 cm³/mol. The molecule has 3 heterocycles. The lowest BCUT2D eigenvalue weighted by Crippen LogP contribution is -2.39. The summed E-state index contributed by atoms with van der Waals surface area (Å²) in [5, 5.41) is 1.36. The number of H-pyrrole nitrogens is 1. The van der Waals surface area contributed by atoms with Gasteiger partial charge in [0, 0.05) is 21.9 Å². The van der Waals surface area contributed by atoms with Crippen molar-refractivity contribution in [3.05, 3.63) is 81.5 Å². The second-order valence-corrected chi connectivity index (χ2v) is 7.93. The van der Waals surface area contributed by atoms with E-state index in [0.717, 1.165) is 33.7 Å². The third-order valence-corrected chi connectivity index (χ3v) is 6.34. The minimum Gasteiger partial charge on any atom is -0.492 e. The van der Waals surface area contributed by atoms with Gasteiger partial charge in [-0.3, -0.25) is 4.79 Å². The lowest BCUT2D eigenvalue weighted by Gasteiger charge is -2.37. The largest absolute Gasteiger partial charge is 0.492 e. The van der Waals surface area contributed by atoms with Gasteiger partial charge in [0.15, 0.2) is 5.43 Å². The number of fused-ring (bicyclic) bond motifs is 8. The van der Waals surface area contributed by atoms with E-state index >= 15 is 0 Å². The number of rotatable bonds is 0. The third-order valence-electron chi connectivity index (χ3n) is 6.34. The maximum absolute atomic E-state index is 13.1. The maximum Gasteiger partial charge on any atom is 0.197 e. The van der Waals surface area contributed by atoms with Crippen molar-refractivity contribution in [2.45, 2.75) is 25.4 Å². The number of hydrogen-bond donors (Lipinski definition) is 1. The van der Waals surface area contributed by atoms with Crippen molar-refractivity contribution in [3.8, 4) is 11.5 Å². The van der Waals surface area contributed by atoms with Crippen LogP contribution in [-0.4, -0.2) is 11.6 Å². The van der Waals surface area contributed by atoms with Crippen molar-refractivity contribution in [1.29, 1.82) is 0 Å². The number of nitrogens with one attached hydrogen (secondary N) is 1. The van der Waals surface area contributed by atoms with E-state index in [1.807, 2.05) is 36.4 Å².